The van der Waals surface area contributed by atoms with Crippen LogP contribution in [0.3, 0.4) is 0 Å². The molecular weight excluding hydrogens is 253 g/mol. The Morgan fingerprint density at radius 2 is 2.05 bits per heavy atom. The van der Waals surface area contributed by atoms with Gasteiger partial charge in [-0.1, -0.05) is 13.0 Å². The maximum Gasteiger partial charge on any atom is 0.143 e. The molecule has 4 heteroatoms. The second-order valence-corrected chi connectivity index (χ2v) is 5.51. The second kappa shape index (κ2) is 6.71. The lowest BCUT2D eigenvalue weighted by Gasteiger charge is -2.38. The first kappa shape index (κ1) is 14.8. The number of anilines is 1. The maximum atomic E-state index is 13.8. The van der Waals surface area contributed by atoms with Gasteiger partial charge in [0.15, 0.2) is 0 Å². The Balaban J connectivity index is 2.29. The van der Waals surface area contributed by atoms with Crippen molar-refractivity contribution in [3.05, 3.63) is 29.6 Å². The summed E-state index contributed by atoms with van der Waals surface area (Å²) in [6.45, 7) is 2.95. The second-order valence-electron chi connectivity index (χ2n) is 5.51. The van der Waals surface area contributed by atoms with Crippen LogP contribution < -0.4 is 10.6 Å². The van der Waals surface area contributed by atoms with Crippen molar-refractivity contribution in [1.29, 1.82) is 5.26 Å². The number of benzene rings is 1. The summed E-state index contributed by atoms with van der Waals surface area (Å²) in [5, 5.41) is 9.22. The summed E-state index contributed by atoms with van der Waals surface area (Å²) < 4.78 is 13.8. The number of hydrogen-bond acceptors (Lipinski definition) is 3. The average Bonchev–Trinajstić information content (AvgIpc) is 2.46. The molecule has 0 unspecified atom stereocenters. The molecule has 0 heterocycles. The number of halogens is 1. The Hall–Kier alpha value is -1.60. The lowest BCUT2D eigenvalue weighted by Crippen LogP contribution is -2.41. The van der Waals surface area contributed by atoms with Gasteiger partial charge in [-0.25, -0.2) is 4.39 Å². The molecule has 3 nitrogen and oxygen atoms in total. The fraction of sp³-hybridized carbons (Fsp3) is 0.562. The fourth-order valence-corrected chi connectivity index (χ4v) is 3.02. The molecule has 1 saturated carbocycles. The lowest BCUT2D eigenvalue weighted by atomic mass is 9.90. The predicted molar refractivity (Wildman–Crippen MR) is 79.0 cm³/mol. The highest BCUT2D eigenvalue weighted by atomic mass is 19.1. The van der Waals surface area contributed by atoms with E-state index < -0.39 is 5.82 Å². The van der Waals surface area contributed by atoms with E-state index in [0.29, 0.717) is 6.04 Å². The molecule has 108 valence electrons. The Morgan fingerprint density at radius 1 is 1.35 bits per heavy atom. The Labute approximate surface area is 120 Å². The first-order valence-electron chi connectivity index (χ1n) is 7.38. The summed E-state index contributed by atoms with van der Waals surface area (Å²) in [4.78, 5) is 2.20. The smallest absolute Gasteiger partial charge is 0.143 e. The van der Waals surface area contributed by atoms with Crippen LogP contribution in [0.1, 0.15) is 44.6 Å². The van der Waals surface area contributed by atoms with Crippen molar-refractivity contribution in [2.75, 3.05) is 11.4 Å². The van der Waals surface area contributed by atoms with Gasteiger partial charge in [0.1, 0.15) is 17.4 Å². The third kappa shape index (κ3) is 3.10. The van der Waals surface area contributed by atoms with Crippen molar-refractivity contribution in [1.82, 2.24) is 0 Å². The Kier molecular flexibility index (Phi) is 4.97. The van der Waals surface area contributed by atoms with Crippen LogP contribution in [0, 0.1) is 17.1 Å². The molecular formula is C16H22FN3. The van der Waals surface area contributed by atoms with E-state index in [-0.39, 0.29) is 11.6 Å². The van der Waals surface area contributed by atoms with Crippen LogP contribution in [0.5, 0.6) is 0 Å². The highest BCUT2D eigenvalue weighted by Gasteiger charge is 2.26. The SMILES string of the molecule is CCCN(c1cccc(F)c1C#N)C1CCC(N)CC1. The van der Waals surface area contributed by atoms with E-state index in [2.05, 4.69) is 11.8 Å². The summed E-state index contributed by atoms with van der Waals surface area (Å²) >= 11 is 0. The van der Waals surface area contributed by atoms with E-state index in [9.17, 15) is 9.65 Å². The van der Waals surface area contributed by atoms with Gasteiger partial charge < -0.3 is 10.6 Å². The molecule has 0 amide bonds. The zero-order valence-electron chi connectivity index (χ0n) is 12.0. The van der Waals surface area contributed by atoms with Crippen LogP contribution in [-0.4, -0.2) is 18.6 Å². The zero-order chi connectivity index (χ0) is 14.5. The summed E-state index contributed by atoms with van der Waals surface area (Å²) in [7, 11) is 0. The van der Waals surface area contributed by atoms with Gasteiger partial charge in [0, 0.05) is 18.6 Å². The quantitative estimate of drug-likeness (QED) is 0.918. The van der Waals surface area contributed by atoms with Crippen LogP contribution in [0.4, 0.5) is 10.1 Å². The third-order valence-electron chi connectivity index (χ3n) is 4.06. The van der Waals surface area contributed by atoms with Crippen LogP contribution in [0.25, 0.3) is 0 Å². The molecule has 0 spiro atoms. The molecule has 1 aromatic rings. The molecule has 0 aliphatic heterocycles. The molecule has 0 aromatic heterocycles. The van der Waals surface area contributed by atoms with Gasteiger partial charge in [-0.15, -0.1) is 0 Å². The minimum absolute atomic E-state index is 0.163. The molecule has 2 N–H and O–H groups in total. The fourth-order valence-electron chi connectivity index (χ4n) is 3.02. The Bertz CT molecular complexity index is 487. The van der Waals surface area contributed by atoms with Gasteiger partial charge in [-0.3, -0.25) is 0 Å². The molecule has 1 aliphatic carbocycles. The molecule has 1 aromatic carbocycles. The number of rotatable bonds is 4. The molecule has 0 atom stereocenters. The summed E-state index contributed by atoms with van der Waals surface area (Å²) in [6.07, 6.45) is 5.01. The number of hydrogen-bond donors (Lipinski definition) is 1. The summed E-state index contributed by atoms with van der Waals surface area (Å²) in [5.74, 6) is -0.432. The molecule has 2 rings (SSSR count). The van der Waals surface area contributed by atoms with Crippen LogP contribution in [0.2, 0.25) is 0 Å². The standard InChI is InChI=1S/C16H22FN3/c1-2-10-20(13-8-6-12(19)7-9-13)16-5-3-4-15(17)14(16)11-18/h3-5,12-13H,2,6-10,19H2,1H3. The van der Waals surface area contributed by atoms with Gasteiger partial charge in [-0.2, -0.15) is 5.26 Å². The summed E-state index contributed by atoms with van der Waals surface area (Å²) in [6, 6.07) is 7.55. The van der Waals surface area contributed by atoms with E-state index in [4.69, 9.17) is 5.73 Å². The molecule has 1 fully saturated rings. The first-order chi connectivity index (χ1) is 9.67. The third-order valence-corrected chi connectivity index (χ3v) is 4.06. The van der Waals surface area contributed by atoms with Crippen LogP contribution in [0.15, 0.2) is 18.2 Å². The number of nitrogens with zero attached hydrogens (tertiary/aromatic N) is 2. The molecule has 20 heavy (non-hydrogen) atoms. The van der Waals surface area contributed by atoms with Crippen LogP contribution in [-0.2, 0) is 0 Å². The van der Waals surface area contributed by atoms with Gasteiger partial charge in [0.25, 0.3) is 0 Å². The van der Waals surface area contributed by atoms with E-state index in [0.717, 1.165) is 44.3 Å². The van der Waals surface area contributed by atoms with E-state index in [1.54, 1.807) is 6.07 Å². The Morgan fingerprint density at radius 3 is 2.65 bits per heavy atom. The minimum atomic E-state index is -0.432. The molecule has 0 bridgehead atoms. The monoisotopic (exact) mass is 275 g/mol. The average molecular weight is 275 g/mol. The zero-order valence-corrected chi connectivity index (χ0v) is 12.0. The van der Waals surface area contributed by atoms with Gasteiger partial charge in [0.2, 0.25) is 0 Å². The van der Waals surface area contributed by atoms with Crippen molar-refractivity contribution in [2.24, 2.45) is 5.73 Å². The molecule has 0 radical (unpaired) electrons. The summed E-state index contributed by atoms with van der Waals surface area (Å²) in [5.41, 5.74) is 6.85. The van der Waals surface area contributed by atoms with E-state index in [1.807, 2.05) is 12.1 Å². The van der Waals surface area contributed by atoms with Gasteiger partial charge in [-0.05, 0) is 44.2 Å². The number of nitrogens with two attached hydrogens (primary N) is 1. The van der Waals surface area contributed by atoms with Gasteiger partial charge in [0.05, 0.1) is 5.69 Å². The van der Waals surface area contributed by atoms with E-state index in [1.165, 1.54) is 6.07 Å². The van der Waals surface area contributed by atoms with Crippen molar-refractivity contribution >= 4 is 5.69 Å². The first-order valence-corrected chi connectivity index (χ1v) is 7.38. The van der Waals surface area contributed by atoms with Crippen molar-refractivity contribution < 1.29 is 4.39 Å². The maximum absolute atomic E-state index is 13.8. The highest BCUT2D eigenvalue weighted by molar-refractivity contribution is 5.60. The molecule has 1 aliphatic rings. The largest absolute Gasteiger partial charge is 0.367 e. The van der Waals surface area contributed by atoms with E-state index >= 15 is 0 Å². The van der Waals surface area contributed by atoms with Crippen LogP contribution >= 0.6 is 0 Å². The molecule has 0 saturated heterocycles. The normalized spacial score (nSPS) is 22.3. The van der Waals surface area contributed by atoms with Crippen molar-refractivity contribution in [3.8, 4) is 6.07 Å². The lowest BCUT2D eigenvalue weighted by molar-refractivity contribution is 0.375. The number of nitriles is 1. The minimum Gasteiger partial charge on any atom is -0.367 e. The van der Waals surface area contributed by atoms with Crippen molar-refractivity contribution in [2.45, 2.75) is 51.1 Å². The predicted octanol–water partition coefficient (Wildman–Crippen LogP) is 3.18. The highest BCUT2D eigenvalue weighted by Crippen LogP contribution is 2.30. The van der Waals surface area contributed by atoms with Gasteiger partial charge >= 0.3 is 0 Å². The van der Waals surface area contributed by atoms with Crippen molar-refractivity contribution in [3.63, 3.8) is 0 Å². The topological polar surface area (TPSA) is 53.0 Å².